The van der Waals surface area contributed by atoms with Crippen LogP contribution in [-0.2, 0) is 14.3 Å². The molecule has 18 heavy (non-hydrogen) atoms. The van der Waals surface area contributed by atoms with E-state index in [1.54, 1.807) is 6.92 Å². The van der Waals surface area contributed by atoms with Crippen molar-refractivity contribution in [2.45, 2.75) is 46.5 Å². The van der Waals surface area contributed by atoms with Crippen LogP contribution in [0.4, 0.5) is 0 Å². The number of hydrogen-bond donors (Lipinski definition) is 1. The second-order valence-electron chi connectivity index (χ2n) is 5.32. The molecule has 0 spiro atoms. The molecule has 0 aromatic heterocycles. The molecule has 1 aliphatic carbocycles. The number of nitrogens with one attached hydrogen (secondary N) is 1. The first-order valence-corrected chi connectivity index (χ1v) is 6.99. The molecule has 0 aromatic carbocycles. The van der Waals surface area contributed by atoms with Gasteiger partial charge in [0.1, 0.15) is 6.54 Å². The molecule has 0 saturated heterocycles. The van der Waals surface area contributed by atoms with E-state index in [2.05, 4.69) is 19.2 Å². The summed E-state index contributed by atoms with van der Waals surface area (Å²) in [4.78, 5) is 23.3. The molecule has 104 valence electrons. The van der Waals surface area contributed by atoms with Crippen LogP contribution in [0.3, 0.4) is 0 Å². The standard InChI is InChI=1S/C14H25NO3/c1-4-18-13(16)9-15-14(17)12-8-6-5-7-11(12)10(2)3/h10-12H,4-9H2,1-3H3,(H,15,17). The van der Waals surface area contributed by atoms with Gasteiger partial charge < -0.3 is 10.1 Å². The average Bonchev–Trinajstić information content (AvgIpc) is 2.36. The van der Waals surface area contributed by atoms with Crippen LogP contribution >= 0.6 is 0 Å². The number of carbonyl (C=O) groups excluding carboxylic acids is 2. The summed E-state index contributed by atoms with van der Waals surface area (Å²) >= 11 is 0. The van der Waals surface area contributed by atoms with Crippen LogP contribution in [0.5, 0.6) is 0 Å². The van der Waals surface area contributed by atoms with E-state index in [1.807, 2.05) is 0 Å². The van der Waals surface area contributed by atoms with Crippen LogP contribution in [0.15, 0.2) is 0 Å². The zero-order chi connectivity index (χ0) is 13.5. The quantitative estimate of drug-likeness (QED) is 0.766. The molecule has 0 aromatic rings. The highest BCUT2D eigenvalue weighted by Crippen LogP contribution is 2.35. The number of esters is 1. The zero-order valence-corrected chi connectivity index (χ0v) is 11.7. The fourth-order valence-electron chi connectivity index (χ4n) is 2.79. The van der Waals surface area contributed by atoms with E-state index in [0.29, 0.717) is 18.4 Å². The van der Waals surface area contributed by atoms with Crippen molar-refractivity contribution >= 4 is 11.9 Å². The molecule has 1 aliphatic rings. The van der Waals surface area contributed by atoms with Crippen molar-refractivity contribution in [3.05, 3.63) is 0 Å². The van der Waals surface area contributed by atoms with Crippen molar-refractivity contribution in [2.24, 2.45) is 17.8 Å². The van der Waals surface area contributed by atoms with E-state index < -0.39 is 0 Å². The second-order valence-corrected chi connectivity index (χ2v) is 5.32. The van der Waals surface area contributed by atoms with Gasteiger partial charge in [-0.25, -0.2) is 0 Å². The predicted molar refractivity (Wildman–Crippen MR) is 69.9 cm³/mol. The lowest BCUT2D eigenvalue weighted by atomic mass is 9.73. The summed E-state index contributed by atoms with van der Waals surface area (Å²) in [5.74, 6) is 0.682. The Morgan fingerprint density at radius 1 is 1.28 bits per heavy atom. The largest absolute Gasteiger partial charge is 0.465 e. The van der Waals surface area contributed by atoms with E-state index in [0.717, 1.165) is 19.3 Å². The first-order chi connectivity index (χ1) is 8.56. The predicted octanol–water partition coefficient (Wildman–Crippen LogP) is 2.13. The highest BCUT2D eigenvalue weighted by molar-refractivity contribution is 5.83. The molecular formula is C14H25NO3. The van der Waals surface area contributed by atoms with Gasteiger partial charge in [0, 0.05) is 5.92 Å². The van der Waals surface area contributed by atoms with Crippen molar-refractivity contribution in [2.75, 3.05) is 13.2 Å². The van der Waals surface area contributed by atoms with Crippen LogP contribution in [0.2, 0.25) is 0 Å². The third kappa shape index (κ3) is 4.31. The molecule has 1 saturated carbocycles. The lowest BCUT2D eigenvalue weighted by Crippen LogP contribution is -2.40. The molecule has 0 heterocycles. The van der Waals surface area contributed by atoms with Crippen LogP contribution in [0.1, 0.15) is 46.5 Å². The lowest BCUT2D eigenvalue weighted by molar-refractivity contribution is -0.144. The zero-order valence-electron chi connectivity index (χ0n) is 11.7. The fourth-order valence-corrected chi connectivity index (χ4v) is 2.79. The molecule has 0 bridgehead atoms. The van der Waals surface area contributed by atoms with Gasteiger partial charge in [0.25, 0.3) is 0 Å². The molecule has 1 N–H and O–H groups in total. The highest BCUT2D eigenvalue weighted by Gasteiger charge is 2.32. The Morgan fingerprint density at radius 2 is 1.94 bits per heavy atom. The van der Waals surface area contributed by atoms with Gasteiger partial charge in [-0.15, -0.1) is 0 Å². The van der Waals surface area contributed by atoms with E-state index in [1.165, 1.54) is 6.42 Å². The Balaban J connectivity index is 2.45. The summed E-state index contributed by atoms with van der Waals surface area (Å²) in [6.07, 6.45) is 4.39. The Hall–Kier alpha value is -1.06. The lowest BCUT2D eigenvalue weighted by Gasteiger charge is -2.33. The van der Waals surface area contributed by atoms with E-state index in [4.69, 9.17) is 4.74 Å². The van der Waals surface area contributed by atoms with Gasteiger partial charge in [-0.3, -0.25) is 9.59 Å². The minimum atomic E-state index is -0.359. The summed E-state index contributed by atoms with van der Waals surface area (Å²) in [6, 6.07) is 0. The van der Waals surface area contributed by atoms with E-state index >= 15 is 0 Å². The van der Waals surface area contributed by atoms with Crippen molar-refractivity contribution in [1.82, 2.24) is 5.32 Å². The first kappa shape index (κ1) is 15.0. The molecule has 1 amide bonds. The SMILES string of the molecule is CCOC(=O)CNC(=O)C1CCCCC1C(C)C. The minimum Gasteiger partial charge on any atom is -0.465 e. The van der Waals surface area contributed by atoms with Crippen molar-refractivity contribution in [1.29, 1.82) is 0 Å². The molecule has 1 fully saturated rings. The number of ether oxygens (including phenoxy) is 1. The Bertz CT molecular complexity index is 289. The second kappa shape index (κ2) is 7.39. The van der Waals surface area contributed by atoms with Gasteiger partial charge in [-0.1, -0.05) is 26.7 Å². The molecule has 0 radical (unpaired) electrons. The van der Waals surface area contributed by atoms with Gasteiger partial charge in [0.2, 0.25) is 5.91 Å². The summed E-state index contributed by atoms with van der Waals surface area (Å²) < 4.78 is 4.80. The van der Waals surface area contributed by atoms with E-state index in [-0.39, 0.29) is 24.3 Å². The maximum absolute atomic E-state index is 12.1. The van der Waals surface area contributed by atoms with Crippen molar-refractivity contribution in [3.63, 3.8) is 0 Å². The number of carbonyl (C=O) groups is 2. The topological polar surface area (TPSA) is 55.4 Å². The van der Waals surface area contributed by atoms with E-state index in [9.17, 15) is 9.59 Å². The fraction of sp³-hybridized carbons (Fsp3) is 0.857. The third-order valence-corrected chi connectivity index (χ3v) is 3.72. The summed E-state index contributed by atoms with van der Waals surface area (Å²) in [5.41, 5.74) is 0. The molecule has 0 aliphatic heterocycles. The number of rotatable bonds is 5. The Kier molecular flexibility index (Phi) is 6.16. The highest BCUT2D eigenvalue weighted by atomic mass is 16.5. The summed E-state index contributed by atoms with van der Waals surface area (Å²) in [6.45, 7) is 6.44. The molecular weight excluding hydrogens is 230 g/mol. The van der Waals surface area contributed by atoms with Crippen LogP contribution in [0.25, 0.3) is 0 Å². The normalized spacial score (nSPS) is 23.8. The van der Waals surface area contributed by atoms with Gasteiger partial charge in [0.05, 0.1) is 6.61 Å². The molecule has 2 atom stereocenters. The van der Waals surface area contributed by atoms with Crippen molar-refractivity contribution < 1.29 is 14.3 Å². The first-order valence-electron chi connectivity index (χ1n) is 6.99. The maximum Gasteiger partial charge on any atom is 0.325 e. The summed E-state index contributed by atoms with van der Waals surface area (Å²) in [7, 11) is 0. The molecule has 1 rings (SSSR count). The van der Waals surface area contributed by atoms with Crippen LogP contribution < -0.4 is 5.32 Å². The van der Waals surface area contributed by atoms with Crippen molar-refractivity contribution in [3.8, 4) is 0 Å². The van der Waals surface area contributed by atoms with Gasteiger partial charge in [-0.05, 0) is 31.6 Å². The molecule has 4 heteroatoms. The third-order valence-electron chi connectivity index (χ3n) is 3.72. The Morgan fingerprint density at radius 3 is 2.56 bits per heavy atom. The average molecular weight is 255 g/mol. The van der Waals surface area contributed by atoms with Gasteiger partial charge >= 0.3 is 5.97 Å². The number of amides is 1. The smallest absolute Gasteiger partial charge is 0.325 e. The monoisotopic (exact) mass is 255 g/mol. The maximum atomic E-state index is 12.1. The molecule has 2 unspecified atom stereocenters. The van der Waals surface area contributed by atoms with Gasteiger partial charge in [-0.2, -0.15) is 0 Å². The minimum absolute atomic E-state index is 0.00596. The van der Waals surface area contributed by atoms with Gasteiger partial charge in [0.15, 0.2) is 0 Å². The molecule has 4 nitrogen and oxygen atoms in total. The summed E-state index contributed by atoms with van der Waals surface area (Å²) in [5, 5.41) is 2.71. The number of hydrogen-bond acceptors (Lipinski definition) is 3. The van der Waals surface area contributed by atoms with Crippen LogP contribution in [0, 0.1) is 17.8 Å². The Labute approximate surface area is 109 Å². The van der Waals surface area contributed by atoms with Crippen LogP contribution in [-0.4, -0.2) is 25.0 Å².